The van der Waals surface area contributed by atoms with Gasteiger partial charge in [-0.15, -0.1) is 0 Å². The number of nitrogens with zero attached hydrogens (tertiary/aromatic N) is 2. The molecule has 1 aliphatic heterocycles. The standard InChI is InChI=1S/C20H20N4O5/c1-27-15-8-11(9-16(28-2)18(15)29-3)21-19(26)14-10-17(25)23-20-22-12-6-4-5-7-13(12)24(14)20/h4-9,14H,10H2,1-3H3,(H,21,26)(H,22,23,25). The summed E-state index contributed by atoms with van der Waals surface area (Å²) in [4.78, 5) is 29.7. The van der Waals surface area contributed by atoms with Gasteiger partial charge in [0.15, 0.2) is 11.5 Å². The normalized spacial score (nSPS) is 15.4. The summed E-state index contributed by atoms with van der Waals surface area (Å²) in [6.07, 6.45) is 0.00358. The topological polar surface area (TPSA) is 104 Å². The number of anilines is 2. The molecular weight excluding hydrogens is 376 g/mol. The molecule has 1 unspecified atom stereocenters. The third-order valence-electron chi connectivity index (χ3n) is 4.77. The number of benzene rings is 2. The molecule has 0 bridgehead atoms. The lowest BCUT2D eigenvalue weighted by atomic mass is 10.1. The molecule has 0 saturated heterocycles. The van der Waals surface area contributed by atoms with Gasteiger partial charge >= 0.3 is 0 Å². The van der Waals surface area contributed by atoms with Crippen LogP contribution in [0.4, 0.5) is 11.6 Å². The number of fused-ring (bicyclic) bond motifs is 3. The summed E-state index contributed by atoms with van der Waals surface area (Å²) in [5.41, 5.74) is 1.93. The van der Waals surface area contributed by atoms with Crippen LogP contribution in [0.25, 0.3) is 11.0 Å². The van der Waals surface area contributed by atoms with Gasteiger partial charge in [0.25, 0.3) is 0 Å². The van der Waals surface area contributed by atoms with Gasteiger partial charge in [-0.05, 0) is 12.1 Å². The van der Waals surface area contributed by atoms with E-state index in [-0.39, 0.29) is 18.2 Å². The van der Waals surface area contributed by atoms with E-state index in [2.05, 4.69) is 15.6 Å². The number of para-hydroxylation sites is 2. The van der Waals surface area contributed by atoms with E-state index in [4.69, 9.17) is 14.2 Å². The van der Waals surface area contributed by atoms with Crippen molar-refractivity contribution in [3.05, 3.63) is 36.4 Å². The monoisotopic (exact) mass is 396 g/mol. The molecule has 4 rings (SSSR count). The predicted molar refractivity (Wildman–Crippen MR) is 107 cm³/mol. The highest BCUT2D eigenvalue weighted by Crippen LogP contribution is 2.40. The number of hydrogen-bond acceptors (Lipinski definition) is 6. The van der Waals surface area contributed by atoms with Gasteiger partial charge in [0.1, 0.15) is 6.04 Å². The van der Waals surface area contributed by atoms with Crippen LogP contribution < -0.4 is 24.8 Å². The first-order valence-corrected chi connectivity index (χ1v) is 8.93. The molecule has 0 saturated carbocycles. The molecule has 2 amide bonds. The van der Waals surface area contributed by atoms with Crippen molar-refractivity contribution in [1.82, 2.24) is 9.55 Å². The summed E-state index contributed by atoms with van der Waals surface area (Å²) in [6.45, 7) is 0. The highest BCUT2D eigenvalue weighted by atomic mass is 16.5. The van der Waals surface area contributed by atoms with Gasteiger partial charge in [-0.2, -0.15) is 0 Å². The zero-order valence-electron chi connectivity index (χ0n) is 16.2. The van der Waals surface area contributed by atoms with Crippen molar-refractivity contribution in [3.63, 3.8) is 0 Å². The summed E-state index contributed by atoms with van der Waals surface area (Å²) >= 11 is 0. The zero-order chi connectivity index (χ0) is 20.5. The molecule has 0 fully saturated rings. The number of methoxy groups -OCH3 is 3. The average Bonchev–Trinajstić information content (AvgIpc) is 3.10. The largest absolute Gasteiger partial charge is 0.493 e. The average molecular weight is 396 g/mol. The summed E-state index contributed by atoms with van der Waals surface area (Å²) in [5.74, 6) is 0.992. The van der Waals surface area contributed by atoms with E-state index in [1.54, 1.807) is 16.7 Å². The predicted octanol–water partition coefficient (Wildman–Crippen LogP) is 2.58. The molecule has 0 spiro atoms. The van der Waals surface area contributed by atoms with Crippen molar-refractivity contribution in [2.75, 3.05) is 32.0 Å². The lowest BCUT2D eigenvalue weighted by Gasteiger charge is -2.25. The Morgan fingerprint density at radius 3 is 2.48 bits per heavy atom. The number of rotatable bonds is 5. The number of carbonyl (C=O) groups excluding carboxylic acids is 2. The third kappa shape index (κ3) is 3.20. The molecule has 2 aromatic carbocycles. The molecule has 9 heteroatoms. The van der Waals surface area contributed by atoms with Crippen molar-refractivity contribution in [2.45, 2.75) is 12.5 Å². The fourth-order valence-electron chi connectivity index (χ4n) is 3.48. The van der Waals surface area contributed by atoms with Crippen LogP contribution in [0.5, 0.6) is 17.2 Å². The Morgan fingerprint density at radius 2 is 1.83 bits per heavy atom. The SMILES string of the molecule is COc1cc(NC(=O)C2CC(=O)Nc3nc4ccccc4n32)cc(OC)c1OC. The highest BCUT2D eigenvalue weighted by molar-refractivity contribution is 6.03. The van der Waals surface area contributed by atoms with Gasteiger partial charge in [-0.3, -0.25) is 19.5 Å². The first kappa shape index (κ1) is 18.6. The number of nitrogens with one attached hydrogen (secondary N) is 2. The number of hydrogen-bond donors (Lipinski definition) is 2. The van der Waals surface area contributed by atoms with E-state index in [1.807, 2.05) is 24.3 Å². The Morgan fingerprint density at radius 1 is 1.14 bits per heavy atom. The van der Waals surface area contributed by atoms with Crippen LogP contribution in [-0.2, 0) is 9.59 Å². The van der Waals surface area contributed by atoms with Crippen LogP contribution in [0.15, 0.2) is 36.4 Å². The highest BCUT2D eigenvalue weighted by Gasteiger charge is 2.33. The Kier molecular flexibility index (Phi) is 4.71. The molecule has 2 heterocycles. The Bertz CT molecular complexity index is 1080. The van der Waals surface area contributed by atoms with Crippen LogP contribution in [-0.4, -0.2) is 42.7 Å². The van der Waals surface area contributed by atoms with Gasteiger partial charge in [-0.1, -0.05) is 12.1 Å². The summed E-state index contributed by atoms with van der Waals surface area (Å²) < 4.78 is 17.7. The van der Waals surface area contributed by atoms with Crippen LogP contribution >= 0.6 is 0 Å². The Hall–Kier alpha value is -3.75. The minimum absolute atomic E-state index is 0.00358. The van der Waals surface area contributed by atoms with Crippen LogP contribution in [0, 0.1) is 0 Å². The number of imidazole rings is 1. The van der Waals surface area contributed by atoms with Gasteiger partial charge in [0.05, 0.1) is 38.8 Å². The van der Waals surface area contributed by atoms with Crippen molar-refractivity contribution < 1.29 is 23.8 Å². The van der Waals surface area contributed by atoms with Gasteiger partial charge in [0.2, 0.25) is 23.5 Å². The minimum Gasteiger partial charge on any atom is -0.493 e. The second kappa shape index (κ2) is 7.34. The quantitative estimate of drug-likeness (QED) is 0.687. The smallest absolute Gasteiger partial charge is 0.248 e. The first-order chi connectivity index (χ1) is 14.0. The second-order valence-electron chi connectivity index (χ2n) is 6.47. The van der Waals surface area contributed by atoms with Crippen LogP contribution in [0.1, 0.15) is 12.5 Å². The maximum Gasteiger partial charge on any atom is 0.248 e. The maximum absolute atomic E-state index is 13.1. The lowest BCUT2D eigenvalue weighted by Crippen LogP contribution is -2.35. The molecule has 2 N–H and O–H groups in total. The van der Waals surface area contributed by atoms with E-state index in [9.17, 15) is 9.59 Å². The number of amides is 2. The van der Waals surface area contributed by atoms with E-state index in [1.165, 1.54) is 21.3 Å². The molecule has 0 aliphatic carbocycles. The lowest BCUT2D eigenvalue weighted by molar-refractivity contribution is -0.124. The van der Waals surface area contributed by atoms with E-state index < -0.39 is 6.04 Å². The molecule has 0 radical (unpaired) electrons. The number of ether oxygens (including phenoxy) is 3. The molecule has 1 aromatic heterocycles. The Labute approximate surface area is 166 Å². The number of aromatic nitrogens is 2. The van der Waals surface area contributed by atoms with Crippen molar-refractivity contribution in [1.29, 1.82) is 0 Å². The fourth-order valence-corrected chi connectivity index (χ4v) is 3.48. The summed E-state index contributed by atoms with van der Waals surface area (Å²) in [5, 5.41) is 5.57. The van der Waals surface area contributed by atoms with Gasteiger partial charge < -0.3 is 19.5 Å². The molecule has 3 aromatic rings. The molecule has 150 valence electrons. The zero-order valence-corrected chi connectivity index (χ0v) is 16.2. The van der Waals surface area contributed by atoms with E-state index >= 15 is 0 Å². The van der Waals surface area contributed by atoms with Crippen molar-refractivity contribution >= 4 is 34.5 Å². The maximum atomic E-state index is 13.1. The van der Waals surface area contributed by atoms with Crippen molar-refractivity contribution in [3.8, 4) is 17.2 Å². The second-order valence-corrected chi connectivity index (χ2v) is 6.47. The van der Waals surface area contributed by atoms with Gasteiger partial charge in [0, 0.05) is 17.8 Å². The number of carbonyl (C=O) groups is 2. The molecule has 1 atom stereocenters. The van der Waals surface area contributed by atoms with Gasteiger partial charge in [-0.25, -0.2) is 4.98 Å². The molecule has 9 nitrogen and oxygen atoms in total. The minimum atomic E-state index is -0.745. The van der Waals surface area contributed by atoms with E-state index in [0.29, 0.717) is 34.4 Å². The molecule has 1 aliphatic rings. The first-order valence-electron chi connectivity index (χ1n) is 8.93. The van der Waals surface area contributed by atoms with Crippen LogP contribution in [0.3, 0.4) is 0 Å². The molecular formula is C20H20N4O5. The summed E-state index contributed by atoms with van der Waals surface area (Å²) in [6, 6.07) is 9.94. The van der Waals surface area contributed by atoms with Crippen molar-refractivity contribution in [2.24, 2.45) is 0 Å². The summed E-state index contributed by atoms with van der Waals surface area (Å²) in [7, 11) is 4.50. The van der Waals surface area contributed by atoms with E-state index in [0.717, 1.165) is 5.52 Å². The Balaban J connectivity index is 1.71. The molecule has 29 heavy (non-hydrogen) atoms. The van der Waals surface area contributed by atoms with Crippen LogP contribution in [0.2, 0.25) is 0 Å². The third-order valence-corrected chi connectivity index (χ3v) is 4.77. The fraction of sp³-hybridized carbons (Fsp3) is 0.250.